The Hall–Kier alpha value is -2.29. The van der Waals surface area contributed by atoms with Gasteiger partial charge in [0.15, 0.2) is 0 Å². The molecule has 0 radical (unpaired) electrons. The van der Waals surface area contributed by atoms with Crippen LogP contribution in [-0.4, -0.2) is 32.5 Å². The van der Waals surface area contributed by atoms with E-state index in [1.165, 1.54) is 30.3 Å². The Morgan fingerprint density at radius 2 is 1.82 bits per heavy atom. The fraction of sp³-hybridized carbons (Fsp3) is 0.222. The number of rotatable bonds is 7. The highest BCUT2D eigenvalue weighted by molar-refractivity contribution is 7.92. The van der Waals surface area contributed by atoms with Gasteiger partial charge in [-0.15, -0.1) is 0 Å². The van der Waals surface area contributed by atoms with Crippen molar-refractivity contribution < 1.29 is 18.0 Å². The number of carbonyl (C=O) groups is 2. The van der Waals surface area contributed by atoms with E-state index in [4.69, 9.17) is 28.9 Å². The smallest absolute Gasteiger partial charge is 0.250 e. The molecule has 7 nitrogen and oxygen atoms in total. The molecule has 0 unspecified atom stereocenters. The van der Waals surface area contributed by atoms with Crippen LogP contribution < -0.4 is 15.4 Å². The summed E-state index contributed by atoms with van der Waals surface area (Å²) >= 11 is 12.2. The number of primary amides is 1. The Morgan fingerprint density at radius 1 is 1.18 bits per heavy atom. The minimum atomic E-state index is -3.89. The maximum Gasteiger partial charge on any atom is 0.250 e. The van der Waals surface area contributed by atoms with Crippen molar-refractivity contribution in [1.82, 2.24) is 0 Å². The molecular formula is C18H19Cl2N3O4S. The first-order valence-electron chi connectivity index (χ1n) is 8.20. The second-order valence-electron chi connectivity index (χ2n) is 5.98. The Balaban J connectivity index is 2.49. The molecular weight excluding hydrogens is 425 g/mol. The van der Waals surface area contributed by atoms with Crippen molar-refractivity contribution >= 4 is 56.4 Å². The first-order valence-corrected chi connectivity index (χ1v) is 10.8. The molecule has 0 saturated carbocycles. The first kappa shape index (κ1) is 22.0. The average molecular weight is 444 g/mol. The zero-order valence-electron chi connectivity index (χ0n) is 15.1. The van der Waals surface area contributed by atoms with E-state index in [0.717, 1.165) is 10.6 Å². The minimum absolute atomic E-state index is 0.0850. The third-order valence-corrected chi connectivity index (χ3v) is 5.65. The Bertz CT molecular complexity index is 1010. The predicted molar refractivity (Wildman–Crippen MR) is 111 cm³/mol. The molecule has 28 heavy (non-hydrogen) atoms. The molecule has 2 amide bonds. The summed E-state index contributed by atoms with van der Waals surface area (Å²) in [5.41, 5.74) is 5.70. The second kappa shape index (κ2) is 8.81. The fourth-order valence-electron chi connectivity index (χ4n) is 2.71. The van der Waals surface area contributed by atoms with E-state index in [2.05, 4.69) is 5.32 Å². The second-order valence-corrected chi connectivity index (χ2v) is 8.68. The van der Waals surface area contributed by atoms with Gasteiger partial charge in [0.25, 0.3) is 5.91 Å². The number of carbonyl (C=O) groups excluding carboxylic acids is 2. The topological polar surface area (TPSA) is 110 Å². The maximum absolute atomic E-state index is 12.9. The Labute approximate surface area is 173 Å². The molecule has 150 valence electrons. The summed E-state index contributed by atoms with van der Waals surface area (Å²) in [7, 11) is -3.89. The van der Waals surface area contributed by atoms with E-state index in [9.17, 15) is 18.0 Å². The van der Waals surface area contributed by atoms with Crippen LogP contribution in [-0.2, 0) is 14.8 Å². The number of halogens is 2. The lowest BCUT2D eigenvalue weighted by Gasteiger charge is -2.31. The van der Waals surface area contributed by atoms with Gasteiger partial charge in [0.05, 0.1) is 28.2 Å². The van der Waals surface area contributed by atoms with E-state index >= 15 is 0 Å². The first-order chi connectivity index (χ1) is 13.1. The SMILES string of the molecule is CC[C@@H](C(=O)Nc1ccccc1C(N)=O)N(c1cc(Cl)ccc1Cl)S(C)(=O)=O. The minimum Gasteiger partial charge on any atom is -0.366 e. The van der Waals surface area contributed by atoms with Gasteiger partial charge in [-0.3, -0.25) is 13.9 Å². The van der Waals surface area contributed by atoms with Gasteiger partial charge in [-0.05, 0) is 36.8 Å². The van der Waals surface area contributed by atoms with E-state index in [0.29, 0.717) is 0 Å². The summed E-state index contributed by atoms with van der Waals surface area (Å²) in [6.07, 6.45) is 1.11. The summed E-state index contributed by atoms with van der Waals surface area (Å²) < 4.78 is 25.9. The van der Waals surface area contributed by atoms with Crippen molar-refractivity contribution in [3.63, 3.8) is 0 Å². The summed E-state index contributed by atoms with van der Waals surface area (Å²) in [6.45, 7) is 1.65. The zero-order chi connectivity index (χ0) is 21.1. The molecule has 0 bridgehead atoms. The number of hydrogen-bond acceptors (Lipinski definition) is 4. The number of nitrogens with zero attached hydrogens (tertiary/aromatic N) is 1. The Morgan fingerprint density at radius 3 is 2.39 bits per heavy atom. The molecule has 2 rings (SSSR count). The van der Waals surface area contributed by atoms with Crippen molar-refractivity contribution in [3.8, 4) is 0 Å². The molecule has 0 fully saturated rings. The molecule has 10 heteroatoms. The van der Waals surface area contributed by atoms with E-state index < -0.39 is 27.9 Å². The number of nitrogens with two attached hydrogens (primary N) is 1. The third kappa shape index (κ3) is 4.95. The molecule has 0 aliphatic carbocycles. The van der Waals surface area contributed by atoms with Crippen LogP contribution >= 0.6 is 23.2 Å². The van der Waals surface area contributed by atoms with Gasteiger partial charge >= 0.3 is 0 Å². The standard InChI is InChI=1S/C18H19Cl2N3O4S/c1-3-15(18(25)22-14-7-5-4-6-12(14)17(21)24)23(28(2,26)27)16-10-11(19)8-9-13(16)20/h4-10,15H,3H2,1-2H3,(H2,21,24)(H,22,25)/t15-/m0/s1. The lowest BCUT2D eigenvalue weighted by atomic mass is 10.1. The van der Waals surface area contributed by atoms with E-state index in [-0.39, 0.29) is 33.4 Å². The van der Waals surface area contributed by atoms with Gasteiger partial charge in [0.1, 0.15) is 6.04 Å². The van der Waals surface area contributed by atoms with Crippen LogP contribution in [0.2, 0.25) is 10.0 Å². The molecule has 0 aliphatic heterocycles. The highest BCUT2D eigenvalue weighted by atomic mass is 35.5. The number of hydrogen-bond donors (Lipinski definition) is 2. The van der Waals surface area contributed by atoms with Crippen molar-refractivity contribution in [1.29, 1.82) is 0 Å². The quantitative estimate of drug-likeness (QED) is 0.683. The fourth-order valence-corrected chi connectivity index (χ4v) is 4.35. The molecule has 1 atom stereocenters. The molecule has 0 saturated heterocycles. The largest absolute Gasteiger partial charge is 0.366 e. The average Bonchev–Trinajstić information content (AvgIpc) is 2.61. The number of para-hydroxylation sites is 1. The molecule has 0 heterocycles. The summed E-state index contributed by atoms with van der Waals surface area (Å²) in [5, 5.41) is 2.97. The molecule has 3 N–H and O–H groups in total. The zero-order valence-corrected chi connectivity index (χ0v) is 17.5. The van der Waals surface area contributed by atoms with Crippen molar-refractivity contribution in [2.45, 2.75) is 19.4 Å². The van der Waals surface area contributed by atoms with Crippen LogP contribution in [0.5, 0.6) is 0 Å². The van der Waals surface area contributed by atoms with Gasteiger partial charge in [-0.25, -0.2) is 8.42 Å². The van der Waals surface area contributed by atoms with Crippen LogP contribution in [0.25, 0.3) is 0 Å². The number of anilines is 2. The van der Waals surface area contributed by atoms with Gasteiger partial charge in [-0.1, -0.05) is 42.3 Å². The highest BCUT2D eigenvalue weighted by Gasteiger charge is 2.33. The van der Waals surface area contributed by atoms with Gasteiger partial charge in [-0.2, -0.15) is 0 Å². The summed E-state index contributed by atoms with van der Waals surface area (Å²) in [4.78, 5) is 24.5. The van der Waals surface area contributed by atoms with Crippen molar-refractivity contribution in [2.24, 2.45) is 5.73 Å². The molecule has 0 spiro atoms. The number of amides is 2. The van der Waals surface area contributed by atoms with Crippen LogP contribution in [0, 0.1) is 0 Å². The monoisotopic (exact) mass is 443 g/mol. The van der Waals surface area contributed by atoms with Crippen LogP contribution in [0.1, 0.15) is 23.7 Å². The van der Waals surface area contributed by atoms with Crippen LogP contribution in [0.3, 0.4) is 0 Å². The lowest BCUT2D eigenvalue weighted by molar-refractivity contribution is -0.117. The molecule has 2 aromatic carbocycles. The van der Waals surface area contributed by atoms with Crippen LogP contribution in [0.4, 0.5) is 11.4 Å². The van der Waals surface area contributed by atoms with E-state index in [1.807, 2.05) is 0 Å². The number of sulfonamides is 1. The summed E-state index contributed by atoms with van der Waals surface area (Å²) in [5.74, 6) is -1.36. The maximum atomic E-state index is 12.9. The third-order valence-electron chi connectivity index (χ3n) is 3.93. The summed E-state index contributed by atoms with van der Waals surface area (Å²) in [6, 6.07) is 9.38. The van der Waals surface area contributed by atoms with Crippen molar-refractivity contribution in [2.75, 3.05) is 15.9 Å². The molecule has 0 aliphatic rings. The number of nitrogens with one attached hydrogen (secondary N) is 1. The number of benzene rings is 2. The Kier molecular flexibility index (Phi) is 6.92. The lowest BCUT2D eigenvalue weighted by Crippen LogP contribution is -2.47. The highest BCUT2D eigenvalue weighted by Crippen LogP contribution is 2.33. The van der Waals surface area contributed by atoms with Crippen LogP contribution in [0.15, 0.2) is 42.5 Å². The normalized spacial score (nSPS) is 12.3. The van der Waals surface area contributed by atoms with Gasteiger partial charge in [0.2, 0.25) is 15.9 Å². The predicted octanol–water partition coefficient (Wildman–Crippen LogP) is 3.28. The van der Waals surface area contributed by atoms with Crippen molar-refractivity contribution in [3.05, 3.63) is 58.1 Å². The van der Waals surface area contributed by atoms with Gasteiger partial charge < -0.3 is 11.1 Å². The molecule has 0 aromatic heterocycles. The van der Waals surface area contributed by atoms with E-state index in [1.54, 1.807) is 19.1 Å². The molecule has 2 aromatic rings. The van der Waals surface area contributed by atoms with Gasteiger partial charge in [0, 0.05) is 5.02 Å².